The maximum Gasteiger partial charge on any atom is 0.255 e. The minimum atomic E-state index is -0.120. The molecule has 1 aromatic carbocycles. The quantitative estimate of drug-likeness (QED) is 0.897. The number of carbonyl (C=O) groups is 1. The van der Waals surface area contributed by atoms with Crippen molar-refractivity contribution in [3.8, 4) is 0 Å². The number of anilines is 1. The largest absolute Gasteiger partial charge is 0.387 e. The van der Waals surface area contributed by atoms with Gasteiger partial charge in [-0.25, -0.2) is 0 Å². The van der Waals surface area contributed by atoms with E-state index in [0.29, 0.717) is 12.1 Å². The summed E-state index contributed by atoms with van der Waals surface area (Å²) >= 11 is 0. The van der Waals surface area contributed by atoms with Crippen molar-refractivity contribution in [2.45, 2.75) is 20.4 Å². The zero-order valence-electron chi connectivity index (χ0n) is 12.0. The van der Waals surface area contributed by atoms with E-state index in [-0.39, 0.29) is 5.91 Å². The van der Waals surface area contributed by atoms with E-state index in [0.717, 1.165) is 16.9 Å². The highest BCUT2D eigenvalue weighted by Gasteiger charge is 2.11. The Balaban J connectivity index is 2.11. The number of aromatic nitrogens is 1. The molecule has 0 bridgehead atoms. The van der Waals surface area contributed by atoms with Gasteiger partial charge in [0, 0.05) is 25.5 Å². The molecule has 2 aromatic rings. The minimum Gasteiger partial charge on any atom is -0.387 e. The monoisotopic (exact) mass is 269 g/mol. The molecule has 0 saturated carbocycles. The molecule has 0 aliphatic heterocycles. The molecule has 104 valence electrons. The summed E-state index contributed by atoms with van der Waals surface area (Å²) in [5, 5.41) is 5.96. The van der Waals surface area contributed by atoms with Crippen molar-refractivity contribution in [2.75, 3.05) is 12.4 Å². The van der Waals surface area contributed by atoms with Crippen LogP contribution in [0, 0.1) is 13.8 Å². The summed E-state index contributed by atoms with van der Waals surface area (Å²) in [6.45, 7) is 4.45. The number of nitrogens with one attached hydrogen (secondary N) is 2. The third-order valence-electron chi connectivity index (χ3n) is 3.26. The summed E-state index contributed by atoms with van der Waals surface area (Å²) < 4.78 is 0. The highest BCUT2D eigenvalue weighted by molar-refractivity contribution is 5.99. The second kappa shape index (κ2) is 6.19. The molecule has 4 nitrogen and oxygen atoms in total. The zero-order valence-corrected chi connectivity index (χ0v) is 12.0. The number of hydrogen-bond acceptors (Lipinski definition) is 3. The van der Waals surface area contributed by atoms with E-state index in [1.165, 1.54) is 5.56 Å². The van der Waals surface area contributed by atoms with E-state index in [9.17, 15) is 4.79 Å². The molecule has 0 fully saturated rings. The van der Waals surface area contributed by atoms with Crippen molar-refractivity contribution >= 4 is 11.6 Å². The lowest BCUT2D eigenvalue weighted by atomic mass is 10.1. The van der Waals surface area contributed by atoms with Gasteiger partial charge in [-0.1, -0.05) is 24.3 Å². The minimum absolute atomic E-state index is 0.120. The molecular formula is C16H19N3O. The zero-order chi connectivity index (χ0) is 14.5. The number of nitrogens with zero attached hydrogens (tertiary/aromatic N) is 1. The number of aryl methyl sites for hydroxylation is 2. The van der Waals surface area contributed by atoms with E-state index < -0.39 is 0 Å². The van der Waals surface area contributed by atoms with Gasteiger partial charge in [-0.05, 0) is 31.0 Å². The first-order valence-electron chi connectivity index (χ1n) is 6.59. The Hall–Kier alpha value is -2.36. The fraction of sp³-hybridized carbons (Fsp3) is 0.250. The Morgan fingerprint density at radius 1 is 1.25 bits per heavy atom. The van der Waals surface area contributed by atoms with Gasteiger partial charge in [0.2, 0.25) is 0 Å². The van der Waals surface area contributed by atoms with Crippen molar-refractivity contribution in [1.29, 1.82) is 0 Å². The SMILES string of the molecule is CNc1cc(C)ncc1C(=O)NCc1ccccc1C. The second-order valence-corrected chi connectivity index (χ2v) is 4.73. The number of rotatable bonds is 4. The summed E-state index contributed by atoms with van der Waals surface area (Å²) in [7, 11) is 1.80. The maximum absolute atomic E-state index is 12.2. The standard InChI is InChI=1S/C16H19N3O/c1-11-6-4-5-7-13(11)9-19-16(20)14-10-18-12(2)8-15(14)17-3/h4-8,10H,9H2,1-3H3,(H,17,18)(H,19,20). The highest BCUT2D eigenvalue weighted by atomic mass is 16.1. The van der Waals surface area contributed by atoms with Crippen LogP contribution in [0.3, 0.4) is 0 Å². The molecule has 20 heavy (non-hydrogen) atoms. The van der Waals surface area contributed by atoms with Crippen molar-refractivity contribution in [3.05, 3.63) is 58.9 Å². The summed E-state index contributed by atoms with van der Waals surface area (Å²) in [6, 6.07) is 9.88. The average molecular weight is 269 g/mol. The molecule has 0 saturated heterocycles. The van der Waals surface area contributed by atoms with Crippen LogP contribution in [0.2, 0.25) is 0 Å². The average Bonchev–Trinajstić information content (AvgIpc) is 2.46. The van der Waals surface area contributed by atoms with E-state index in [2.05, 4.69) is 15.6 Å². The van der Waals surface area contributed by atoms with E-state index in [1.807, 2.05) is 44.2 Å². The molecule has 0 aliphatic carbocycles. The van der Waals surface area contributed by atoms with Gasteiger partial charge >= 0.3 is 0 Å². The summed E-state index contributed by atoms with van der Waals surface area (Å²) in [5.41, 5.74) is 4.52. The summed E-state index contributed by atoms with van der Waals surface area (Å²) in [6.07, 6.45) is 1.61. The molecule has 0 spiro atoms. The fourth-order valence-electron chi connectivity index (χ4n) is 2.03. The second-order valence-electron chi connectivity index (χ2n) is 4.73. The Labute approximate surface area is 119 Å². The first-order valence-corrected chi connectivity index (χ1v) is 6.59. The van der Waals surface area contributed by atoms with Crippen molar-refractivity contribution in [1.82, 2.24) is 10.3 Å². The summed E-state index contributed by atoms with van der Waals surface area (Å²) in [4.78, 5) is 16.4. The lowest BCUT2D eigenvalue weighted by Crippen LogP contribution is -2.24. The molecule has 2 N–H and O–H groups in total. The Morgan fingerprint density at radius 2 is 2.00 bits per heavy atom. The molecular weight excluding hydrogens is 250 g/mol. The first kappa shape index (κ1) is 14.1. The predicted octanol–water partition coefficient (Wildman–Crippen LogP) is 2.67. The number of hydrogen-bond donors (Lipinski definition) is 2. The molecule has 0 radical (unpaired) electrons. The van der Waals surface area contributed by atoms with Crippen molar-refractivity contribution in [3.63, 3.8) is 0 Å². The van der Waals surface area contributed by atoms with Crippen LogP contribution in [0.4, 0.5) is 5.69 Å². The van der Waals surface area contributed by atoms with E-state index in [1.54, 1.807) is 13.2 Å². The number of amides is 1. The molecule has 2 rings (SSSR count). The molecule has 1 amide bonds. The highest BCUT2D eigenvalue weighted by Crippen LogP contribution is 2.15. The predicted molar refractivity (Wildman–Crippen MR) is 80.9 cm³/mol. The fourth-order valence-corrected chi connectivity index (χ4v) is 2.03. The van der Waals surface area contributed by atoms with Crippen molar-refractivity contribution in [2.24, 2.45) is 0 Å². The maximum atomic E-state index is 12.2. The van der Waals surface area contributed by atoms with E-state index >= 15 is 0 Å². The van der Waals surface area contributed by atoms with Gasteiger partial charge in [0.15, 0.2) is 0 Å². The number of pyridine rings is 1. The third kappa shape index (κ3) is 3.15. The van der Waals surface area contributed by atoms with Crippen LogP contribution in [0.25, 0.3) is 0 Å². The molecule has 0 atom stereocenters. The third-order valence-corrected chi connectivity index (χ3v) is 3.26. The lowest BCUT2D eigenvalue weighted by molar-refractivity contribution is 0.0951. The van der Waals surface area contributed by atoms with Crippen LogP contribution in [0.1, 0.15) is 27.2 Å². The first-order chi connectivity index (χ1) is 9.61. The van der Waals surface area contributed by atoms with Gasteiger partial charge in [0.25, 0.3) is 5.91 Å². The van der Waals surface area contributed by atoms with Gasteiger partial charge in [0.05, 0.1) is 11.3 Å². The van der Waals surface area contributed by atoms with Crippen LogP contribution >= 0.6 is 0 Å². The molecule has 0 unspecified atom stereocenters. The topological polar surface area (TPSA) is 54.0 Å². The molecule has 1 aromatic heterocycles. The molecule has 0 aliphatic rings. The van der Waals surface area contributed by atoms with Crippen LogP contribution in [0.5, 0.6) is 0 Å². The van der Waals surface area contributed by atoms with Gasteiger partial charge in [-0.2, -0.15) is 0 Å². The van der Waals surface area contributed by atoms with Gasteiger partial charge in [-0.3, -0.25) is 9.78 Å². The Kier molecular flexibility index (Phi) is 4.35. The smallest absolute Gasteiger partial charge is 0.255 e. The van der Waals surface area contributed by atoms with Crippen molar-refractivity contribution < 1.29 is 4.79 Å². The molecule has 4 heteroatoms. The molecule has 1 heterocycles. The summed E-state index contributed by atoms with van der Waals surface area (Å²) in [5.74, 6) is -0.120. The van der Waals surface area contributed by atoms with Gasteiger partial charge < -0.3 is 10.6 Å². The Bertz CT molecular complexity index is 623. The van der Waals surface area contributed by atoms with Gasteiger partial charge in [-0.15, -0.1) is 0 Å². The van der Waals surface area contributed by atoms with Gasteiger partial charge in [0.1, 0.15) is 0 Å². The van der Waals surface area contributed by atoms with E-state index in [4.69, 9.17) is 0 Å². The number of benzene rings is 1. The van der Waals surface area contributed by atoms with Crippen LogP contribution in [0.15, 0.2) is 36.5 Å². The van der Waals surface area contributed by atoms with Crippen LogP contribution in [-0.2, 0) is 6.54 Å². The van der Waals surface area contributed by atoms with Crippen LogP contribution < -0.4 is 10.6 Å². The Morgan fingerprint density at radius 3 is 2.70 bits per heavy atom. The number of carbonyl (C=O) groups excluding carboxylic acids is 1. The lowest BCUT2D eigenvalue weighted by Gasteiger charge is -2.11. The van der Waals surface area contributed by atoms with Crippen LogP contribution in [-0.4, -0.2) is 17.9 Å². The normalized spacial score (nSPS) is 10.2.